The predicted octanol–water partition coefficient (Wildman–Crippen LogP) is 5.55. The first-order valence-corrected chi connectivity index (χ1v) is 11.7. The number of hydrogen-bond acceptors (Lipinski definition) is 5. The zero-order chi connectivity index (χ0) is 25.2. The number of aromatic nitrogens is 5. The Morgan fingerprint density at radius 2 is 2.03 bits per heavy atom. The lowest BCUT2D eigenvalue weighted by atomic mass is 10.0. The van der Waals surface area contributed by atoms with Crippen LogP contribution in [0.5, 0.6) is 5.75 Å². The summed E-state index contributed by atoms with van der Waals surface area (Å²) in [7, 11) is 0. The third kappa shape index (κ3) is 4.47. The highest BCUT2D eigenvalue weighted by atomic mass is 35.5. The van der Waals surface area contributed by atoms with Crippen molar-refractivity contribution in [3.8, 4) is 17.0 Å². The highest BCUT2D eigenvalue weighted by Crippen LogP contribution is 2.35. The number of ether oxygens (including phenoxy) is 1. The zero-order valence-corrected chi connectivity index (χ0v) is 20.5. The summed E-state index contributed by atoms with van der Waals surface area (Å²) >= 11 is 6.34. The van der Waals surface area contributed by atoms with E-state index in [1.54, 1.807) is 24.7 Å². The second kappa shape index (κ2) is 9.91. The van der Waals surface area contributed by atoms with Crippen LogP contribution in [0.4, 0.5) is 4.39 Å². The number of aromatic amines is 1. The Bertz CT molecular complexity index is 1630. The quantitative estimate of drug-likeness (QED) is 0.315. The van der Waals surface area contributed by atoms with E-state index < -0.39 is 6.67 Å². The fourth-order valence-electron chi connectivity index (χ4n) is 4.24. The molecule has 1 N–H and O–H groups in total. The van der Waals surface area contributed by atoms with Gasteiger partial charge in [0.05, 0.1) is 29.2 Å². The summed E-state index contributed by atoms with van der Waals surface area (Å²) in [4.78, 5) is 21.8. The first-order valence-electron chi connectivity index (χ1n) is 11.4. The molecule has 4 heterocycles. The van der Waals surface area contributed by atoms with Crippen molar-refractivity contribution in [1.82, 2.24) is 24.7 Å². The Morgan fingerprint density at radius 3 is 2.81 bits per heavy atom. The lowest BCUT2D eigenvalue weighted by Crippen LogP contribution is -2.24. The smallest absolute Gasteiger partial charge is 0.256 e. The molecule has 0 aliphatic heterocycles. The minimum absolute atomic E-state index is 0.119. The average Bonchev–Trinajstić information content (AvgIpc) is 3.30. The number of rotatable bonds is 7. The standard InChI is InChI=1S/C27H23ClFN5O2/c1-16-8-9-30-23(14-34-10-4-5-18(12-29)27(34)35)21(16)15-36-24-7-3-6-19-20(11-17(2)32-26(19)24)25-22(28)13-31-33-25/h3-11,13H,12,14-15H2,1-2H3,(H,31,33). The minimum atomic E-state index is -0.809. The van der Waals surface area contributed by atoms with Crippen molar-refractivity contribution in [1.29, 1.82) is 0 Å². The number of H-pyrrole nitrogens is 1. The largest absolute Gasteiger partial charge is 0.487 e. The van der Waals surface area contributed by atoms with Gasteiger partial charge in [0.25, 0.3) is 5.56 Å². The summed E-state index contributed by atoms with van der Waals surface area (Å²) in [5.41, 5.74) is 5.38. The van der Waals surface area contributed by atoms with Gasteiger partial charge >= 0.3 is 0 Å². The topological polar surface area (TPSA) is 85.7 Å². The fraction of sp³-hybridized carbons (Fsp3) is 0.185. The number of nitrogens with zero attached hydrogens (tertiary/aromatic N) is 4. The molecule has 36 heavy (non-hydrogen) atoms. The number of halogens is 2. The molecule has 0 fully saturated rings. The predicted molar refractivity (Wildman–Crippen MR) is 137 cm³/mol. The van der Waals surface area contributed by atoms with Crippen LogP contribution in [0.1, 0.15) is 28.1 Å². The summed E-state index contributed by atoms with van der Waals surface area (Å²) in [5, 5.41) is 8.40. The van der Waals surface area contributed by atoms with Crippen LogP contribution in [-0.2, 0) is 19.8 Å². The van der Waals surface area contributed by atoms with Gasteiger partial charge in [0, 0.05) is 40.2 Å². The summed E-state index contributed by atoms with van der Waals surface area (Å²) < 4.78 is 20.9. The van der Waals surface area contributed by atoms with Gasteiger partial charge in [-0.05, 0) is 49.7 Å². The SMILES string of the molecule is Cc1cc(-c2[nH]ncc2Cl)c2cccc(OCc3c(C)ccnc3Cn3cccc(CF)c3=O)c2n1. The molecule has 0 aliphatic rings. The first-order chi connectivity index (χ1) is 17.5. The van der Waals surface area contributed by atoms with E-state index in [9.17, 15) is 9.18 Å². The average molecular weight is 504 g/mol. The van der Waals surface area contributed by atoms with E-state index >= 15 is 0 Å². The highest BCUT2D eigenvalue weighted by Gasteiger charge is 2.16. The van der Waals surface area contributed by atoms with Crippen molar-refractivity contribution in [3.05, 3.63) is 105 Å². The number of benzene rings is 1. The molecule has 0 saturated heterocycles. The Balaban J connectivity index is 1.50. The van der Waals surface area contributed by atoms with Gasteiger partial charge < -0.3 is 9.30 Å². The molecule has 4 aromatic heterocycles. The monoisotopic (exact) mass is 503 g/mol. The number of fused-ring (bicyclic) bond motifs is 1. The number of hydrogen-bond donors (Lipinski definition) is 1. The second-order valence-electron chi connectivity index (χ2n) is 8.50. The Hall–Kier alpha value is -4.04. The van der Waals surface area contributed by atoms with Gasteiger partial charge in [-0.2, -0.15) is 5.10 Å². The molecule has 5 aromatic rings. The summed E-state index contributed by atoms with van der Waals surface area (Å²) in [6, 6.07) is 12.7. The van der Waals surface area contributed by atoms with Crippen LogP contribution in [-0.4, -0.2) is 24.7 Å². The maximum atomic E-state index is 13.2. The summed E-state index contributed by atoms with van der Waals surface area (Å²) in [6.07, 6.45) is 4.90. The molecule has 0 aliphatic carbocycles. The van der Waals surface area contributed by atoms with Gasteiger partial charge in [0.15, 0.2) is 0 Å². The van der Waals surface area contributed by atoms with E-state index in [0.717, 1.165) is 33.5 Å². The van der Waals surface area contributed by atoms with Crippen LogP contribution in [0, 0.1) is 13.8 Å². The van der Waals surface area contributed by atoms with Crippen molar-refractivity contribution in [2.75, 3.05) is 0 Å². The molecule has 0 radical (unpaired) electrons. The lowest BCUT2D eigenvalue weighted by Gasteiger charge is -2.16. The molecule has 9 heteroatoms. The summed E-state index contributed by atoms with van der Waals surface area (Å²) in [5.74, 6) is 0.610. The number of pyridine rings is 3. The van der Waals surface area contributed by atoms with E-state index in [2.05, 4.69) is 15.2 Å². The van der Waals surface area contributed by atoms with Crippen LogP contribution < -0.4 is 10.3 Å². The normalized spacial score (nSPS) is 11.2. The molecular weight excluding hydrogens is 481 g/mol. The van der Waals surface area contributed by atoms with E-state index in [1.165, 1.54) is 10.6 Å². The van der Waals surface area contributed by atoms with Crippen LogP contribution >= 0.6 is 11.6 Å². The zero-order valence-electron chi connectivity index (χ0n) is 19.8. The molecular formula is C27H23ClFN5O2. The van der Waals surface area contributed by atoms with Crippen LogP contribution in [0.25, 0.3) is 22.2 Å². The maximum absolute atomic E-state index is 13.2. The minimum Gasteiger partial charge on any atom is -0.487 e. The van der Waals surface area contributed by atoms with Gasteiger partial charge in [-0.15, -0.1) is 0 Å². The molecule has 0 atom stereocenters. The molecule has 0 saturated carbocycles. The van der Waals surface area contributed by atoms with E-state index in [0.29, 0.717) is 22.0 Å². The fourth-order valence-corrected chi connectivity index (χ4v) is 4.43. The van der Waals surface area contributed by atoms with Crippen molar-refractivity contribution in [2.24, 2.45) is 0 Å². The maximum Gasteiger partial charge on any atom is 0.256 e. The molecule has 0 bridgehead atoms. The third-order valence-corrected chi connectivity index (χ3v) is 6.39. The van der Waals surface area contributed by atoms with Crippen molar-refractivity contribution in [3.63, 3.8) is 0 Å². The van der Waals surface area contributed by atoms with Crippen LogP contribution in [0.2, 0.25) is 5.02 Å². The highest BCUT2D eigenvalue weighted by molar-refractivity contribution is 6.33. The first kappa shape index (κ1) is 23.7. The van der Waals surface area contributed by atoms with Crippen molar-refractivity contribution < 1.29 is 9.13 Å². The van der Waals surface area contributed by atoms with E-state index in [-0.39, 0.29) is 24.3 Å². The molecule has 1 aromatic carbocycles. The van der Waals surface area contributed by atoms with Crippen LogP contribution in [0.15, 0.2) is 65.8 Å². The second-order valence-corrected chi connectivity index (χ2v) is 8.91. The molecule has 7 nitrogen and oxygen atoms in total. The molecule has 0 unspecified atom stereocenters. The number of para-hydroxylation sites is 1. The van der Waals surface area contributed by atoms with Gasteiger partial charge in [0.1, 0.15) is 24.5 Å². The third-order valence-electron chi connectivity index (χ3n) is 6.11. The number of alkyl halides is 1. The molecule has 182 valence electrons. The lowest BCUT2D eigenvalue weighted by molar-refractivity contribution is 0.306. The Morgan fingerprint density at radius 1 is 1.17 bits per heavy atom. The van der Waals surface area contributed by atoms with Crippen molar-refractivity contribution in [2.45, 2.75) is 33.7 Å². The van der Waals surface area contributed by atoms with E-state index in [1.807, 2.05) is 44.2 Å². The van der Waals surface area contributed by atoms with Gasteiger partial charge in [0.2, 0.25) is 0 Å². The van der Waals surface area contributed by atoms with E-state index in [4.69, 9.17) is 21.3 Å². The van der Waals surface area contributed by atoms with Gasteiger partial charge in [-0.3, -0.25) is 14.9 Å². The summed E-state index contributed by atoms with van der Waals surface area (Å²) in [6.45, 7) is 3.51. The number of aryl methyl sites for hydroxylation is 2. The Labute approximate surface area is 211 Å². The van der Waals surface area contributed by atoms with Crippen molar-refractivity contribution >= 4 is 22.5 Å². The van der Waals surface area contributed by atoms with Gasteiger partial charge in [-0.1, -0.05) is 23.7 Å². The van der Waals surface area contributed by atoms with Crippen LogP contribution in [0.3, 0.4) is 0 Å². The molecule has 5 rings (SSSR count). The molecule has 0 spiro atoms. The molecule has 0 amide bonds. The Kier molecular flexibility index (Phi) is 6.52. The number of nitrogens with one attached hydrogen (secondary N) is 1. The van der Waals surface area contributed by atoms with Gasteiger partial charge in [-0.25, -0.2) is 9.37 Å².